The molecule has 0 radical (unpaired) electrons. The topological polar surface area (TPSA) is 66.8 Å². The zero-order chi connectivity index (χ0) is 16.1. The van der Waals surface area contributed by atoms with Gasteiger partial charge in [0, 0.05) is 0 Å². The van der Waals surface area contributed by atoms with Crippen LogP contribution in [0.25, 0.3) is 11.6 Å². The molecule has 0 spiro atoms. The zero-order valence-electron chi connectivity index (χ0n) is 11.9. The monoisotopic (exact) mass is 302 g/mol. The third-order valence-corrected chi connectivity index (χ3v) is 2.98. The maximum atomic E-state index is 12.9. The first-order chi connectivity index (χ1) is 10.5. The van der Waals surface area contributed by atoms with Gasteiger partial charge in [0.1, 0.15) is 5.82 Å². The fourth-order valence-electron chi connectivity index (χ4n) is 1.96. The number of hydrogen-bond donors (Lipinski definition) is 2. The summed E-state index contributed by atoms with van der Waals surface area (Å²) in [6, 6.07) is 9.76. The van der Waals surface area contributed by atoms with Gasteiger partial charge in [-0.25, -0.2) is 9.18 Å². The number of aromatic hydroxyl groups is 1. The number of carboxylic acid groups (broad SMARTS) is 1. The highest BCUT2D eigenvalue weighted by Gasteiger charge is 2.11. The first-order valence-corrected chi connectivity index (χ1v) is 6.68. The van der Waals surface area contributed by atoms with Crippen molar-refractivity contribution in [2.45, 2.75) is 6.92 Å². The van der Waals surface area contributed by atoms with Crippen LogP contribution in [0, 0.1) is 5.82 Å². The summed E-state index contributed by atoms with van der Waals surface area (Å²) in [7, 11) is 0. The summed E-state index contributed by atoms with van der Waals surface area (Å²) >= 11 is 0. The molecule has 0 fully saturated rings. The van der Waals surface area contributed by atoms with Crippen LogP contribution in [0.15, 0.2) is 42.5 Å². The van der Waals surface area contributed by atoms with E-state index in [9.17, 15) is 19.4 Å². The Balaban J connectivity index is 2.44. The zero-order valence-corrected chi connectivity index (χ0v) is 11.9. The van der Waals surface area contributed by atoms with Gasteiger partial charge in [0.25, 0.3) is 0 Å². The van der Waals surface area contributed by atoms with Crippen LogP contribution < -0.4 is 4.74 Å². The second-order valence-corrected chi connectivity index (χ2v) is 4.53. The molecule has 5 heteroatoms. The quantitative estimate of drug-likeness (QED) is 0.654. The highest BCUT2D eigenvalue weighted by molar-refractivity contribution is 6.20. The van der Waals surface area contributed by atoms with Gasteiger partial charge in [0.05, 0.1) is 12.2 Å². The smallest absolute Gasteiger partial charge is 0.336 e. The normalized spacial score (nSPS) is 11.3. The number of hydrogen-bond acceptors (Lipinski definition) is 3. The van der Waals surface area contributed by atoms with E-state index >= 15 is 0 Å². The molecule has 22 heavy (non-hydrogen) atoms. The Kier molecular flexibility index (Phi) is 4.78. The predicted octanol–water partition coefficient (Wildman–Crippen LogP) is 3.56. The van der Waals surface area contributed by atoms with Crippen molar-refractivity contribution in [3.8, 4) is 11.5 Å². The lowest BCUT2D eigenvalue weighted by atomic mass is 10.0. The number of aliphatic carboxylic acids is 1. The van der Waals surface area contributed by atoms with Gasteiger partial charge >= 0.3 is 5.97 Å². The van der Waals surface area contributed by atoms with E-state index in [0.29, 0.717) is 17.7 Å². The van der Waals surface area contributed by atoms with Crippen molar-refractivity contribution >= 4 is 17.6 Å². The van der Waals surface area contributed by atoms with E-state index < -0.39 is 11.8 Å². The highest BCUT2D eigenvalue weighted by atomic mass is 19.1. The SMILES string of the molecule is CCOc1cc(/C=C(\C(=O)O)c2ccc(F)cc2)ccc1O. The average Bonchev–Trinajstić information content (AvgIpc) is 2.49. The number of carbonyl (C=O) groups is 1. The van der Waals surface area contributed by atoms with Gasteiger partial charge < -0.3 is 14.9 Å². The third kappa shape index (κ3) is 3.63. The van der Waals surface area contributed by atoms with Crippen molar-refractivity contribution in [2.24, 2.45) is 0 Å². The molecule has 2 aromatic rings. The molecule has 0 atom stereocenters. The molecule has 0 aliphatic rings. The van der Waals surface area contributed by atoms with Crippen molar-refractivity contribution in [1.29, 1.82) is 0 Å². The number of halogens is 1. The number of carboxylic acids is 1. The van der Waals surface area contributed by atoms with Crippen molar-refractivity contribution in [2.75, 3.05) is 6.61 Å². The van der Waals surface area contributed by atoms with Gasteiger partial charge in [-0.2, -0.15) is 0 Å². The molecule has 4 nitrogen and oxygen atoms in total. The maximum absolute atomic E-state index is 12.9. The molecule has 0 amide bonds. The summed E-state index contributed by atoms with van der Waals surface area (Å²) in [6.45, 7) is 2.16. The molecule has 0 aromatic heterocycles. The van der Waals surface area contributed by atoms with Crippen LogP contribution in [0.3, 0.4) is 0 Å². The van der Waals surface area contributed by atoms with Gasteiger partial charge in [-0.05, 0) is 48.4 Å². The van der Waals surface area contributed by atoms with E-state index in [0.717, 1.165) is 0 Å². The summed E-state index contributed by atoms with van der Waals surface area (Å²) < 4.78 is 18.2. The number of benzene rings is 2. The Morgan fingerprint density at radius 2 is 1.91 bits per heavy atom. The molecule has 0 heterocycles. The summed E-state index contributed by atoms with van der Waals surface area (Å²) in [4.78, 5) is 11.4. The molecule has 0 saturated heterocycles. The van der Waals surface area contributed by atoms with Gasteiger partial charge in [0.15, 0.2) is 11.5 Å². The molecule has 0 aliphatic heterocycles. The van der Waals surface area contributed by atoms with Crippen LogP contribution in [0.5, 0.6) is 11.5 Å². The van der Waals surface area contributed by atoms with Crippen LogP contribution in [-0.4, -0.2) is 22.8 Å². The number of rotatable bonds is 5. The summed E-state index contributed by atoms with van der Waals surface area (Å²) in [6.07, 6.45) is 1.44. The molecule has 114 valence electrons. The van der Waals surface area contributed by atoms with E-state index in [1.165, 1.54) is 36.4 Å². The number of phenols is 1. The fraction of sp³-hybridized carbons (Fsp3) is 0.118. The van der Waals surface area contributed by atoms with Crippen LogP contribution >= 0.6 is 0 Å². The minimum Gasteiger partial charge on any atom is -0.504 e. The lowest BCUT2D eigenvalue weighted by molar-refractivity contribution is -0.130. The minimum absolute atomic E-state index is 0.0161. The molecule has 0 unspecified atom stereocenters. The lowest BCUT2D eigenvalue weighted by Crippen LogP contribution is -2.00. The van der Waals surface area contributed by atoms with Crippen LogP contribution in [0.2, 0.25) is 0 Å². The Morgan fingerprint density at radius 3 is 2.50 bits per heavy atom. The van der Waals surface area contributed by atoms with Gasteiger partial charge in [-0.15, -0.1) is 0 Å². The van der Waals surface area contributed by atoms with E-state index in [1.807, 2.05) is 0 Å². The average molecular weight is 302 g/mol. The Morgan fingerprint density at radius 1 is 1.23 bits per heavy atom. The second-order valence-electron chi connectivity index (χ2n) is 4.53. The largest absolute Gasteiger partial charge is 0.504 e. The summed E-state index contributed by atoms with van der Waals surface area (Å²) in [5.74, 6) is -1.30. The molecule has 0 bridgehead atoms. The second kappa shape index (κ2) is 6.76. The van der Waals surface area contributed by atoms with Gasteiger partial charge in [0.2, 0.25) is 0 Å². The van der Waals surface area contributed by atoms with Crippen molar-refractivity contribution < 1.29 is 24.1 Å². The highest BCUT2D eigenvalue weighted by Crippen LogP contribution is 2.29. The fourth-order valence-corrected chi connectivity index (χ4v) is 1.96. The van der Waals surface area contributed by atoms with Crippen LogP contribution in [-0.2, 0) is 4.79 Å². The maximum Gasteiger partial charge on any atom is 0.336 e. The summed E-state index contributed by atoms with van der Waals surface area (Å²) in [5, 5.41) is 19.0. The molecule has 0 aliphatic carbocycles. The molecular weight excluding hydrogens is 287 g/mol. The van der Waals surface area contributed by atoms with Crippen LogP contribution in [0.1, 0.15) is 18.1 Å². The lowest BCUT2D eigenvalue weighted by Gasteiger charge is -2.07. The number of phenolic OH excluding ortho intramolecular Hbond substituents is 1. The summed E-state index contributed by atoms with van der Waals surface area (Å²) in [5.41, 5.74) is 0.969. The van der Waals surface area contributed by atoms with Crippen LogP contribution in [0.4, 0.5) is 4.39 Å². The standard InChI is InChI=1S/C17H15FO4/c1-2-22-16-10-11(3-8-15(16)19)9-14(17(20)21)12-4-6-13(18)7-5-12/h3-10,19H,2H2,1H3,(H,20,21)/b14-9-. The first kappa shape index (κ1) is 15.6. The Bertz CT molecular complexity index is 705. The van der Waals surface area contributed by atoms with Crippen molar-refractivity contribution in [1.82, 2.24) is 0 Å². The predicted molar refractivity (Wildman–Crippen MR) is 81.2 cm³/mol. The molecule has 0 saturated carbocycles. The minimum atomic E-state index is -1.13. The Labute approximate surface area is 127 Å². The van der Waals surface area contributed by atoms with Gasteiger partial charge in [-0.3, -0.25) is 0 Å². The van der Waals surface area contributed by atoms with E-state index in [1.54, 1.807) is 19.1 Å². The number of ether oxygens (including phenoxy) is 1. The van der Waals surface area contributed by atoms with E-state index in [-0.39, 0.29) is 17.1 Å². The van der Waals surface area contributed by atoms with Crippen molar-refractivity contribution in [3.63, 3.8) is 0 Å². The third-order valence-electron chi connectivity index (χ3n) is 2.98. The van der Waals surface area contributed by atoms with Crippen molar-refractivity contribution in [3.05, 3.63) is 59.4 Å². The van der Waals surface area contributed by atoms with E-state index in [2.05, 4.69) is 0 Å². The Hall–Kier alpha value is -2.82. The molecule has 2 N–H and O–H groups in total. The van der Waals surface area contributed by atoms with Gasteiger partial charge in [-0.1, -0.05) is 18.2 Å². The molecule has 2 rings (SSSR count). The van der Waals surface area contributed by atoms with E-state index in [4.69, 9.17) is 4.74 Å². The molecular formula is C17H15FO4. The first-order valence-electron chi connectivity index (χ1n) is 6.68. The molecule has 2 aromatic carbocycles.